The van der Waals surface area contributed by atoms with Crippen LogP contribution in [0.2, 0.25) is 0 Å². The molecule has 1 heterocycles. The second-order valence-electron chi connectivity index (χ2n) is 7.07. The average molecular weight is 500 g/mol. The van der Waals surface area contributed by atoms with E-state index in [1.165, 1.54) is 24.1 Å². The van der Waals surface area contributed by atoms with Crippen LogP contribution in [0, 0.1) is 0 Å². The number of amides is 3. The smallest absolute Gasteiger partial charge is 0.337 e. The quantitative estimate of drug-likeness (QED) is 0.230. The summed E-state index contributed by atoms with van der Waals surface area (Å²) in [5.74, 6) is -2.00. The molecule has 3 rings (SSSR count). The van der Waals surface area contributed by atoms with Gasteiger partial charge in [-0.3, -0.25) is 30.1 Å². The average Bonchev–Trinajstić information content (AvgIpc) is 3.10. The maximum Gasteiger partial charge on any atom is 0.337 e. The van der Waals surface area contributed by atoms with Crippen molar-refractivity contribution < 1.29 is 29.0 Å². The predicted octanol–water partition coefficient (Wildman–Crippen LogP) is 2.62. The van der Waals surface area contributed by atoms with Crippen LogP contribution in [-0.4, -0.2) is 51.7 Å². The van der Waals surface area contributed by atoms with Gasteiger partial charge in [-0.15, -0.1) is 0 Å². The van der Waals surface area contributed by atoms with E-state index in [0.29, 0.717) is 21.2 Å². The minimum atomic E-state index is -0.645. The van der Waals surface area contributed by atoms with Gasteiger partial charge in [0.05, 0.1) is 23.1 Å². The number of carbonyl (C=O) groups is 4. The summed E-state index contributed by atoms with van der Waals surface area (Å²) in [7, 11) is 1.30. The number of methoxy groups -OCH3 is 1. The fourth-order valence-corrected chi connectivity index (χ4v) is 4.31. The zero-order valence-electron chi connectivity index (χ0n) is 18.1. The Labute approximate surface area is 205 Å². The largest absolute Gasteiger partial charge is 0.507 e. The maximum atomic E-state index is 12.7. The number of hydrogen-bond donors (Lipinski definition) is 3. The molecule has 1 fully saturated rings. The van der Waals surface area contributed by atoms with Crippen LogP contribution in [0.15, 0.2) is 53.4 Å². The van der Waals surface area contributed by atoms with Crippen molar-refractivity contribution in [3.63, 3.8) is 0 Å². The number of carbonyl (C=O) groups excluding carboxylic acids is 4. The first-order chi connectivity index (χ1) is 16.3. The highest BCUT2D eigenvalue weighted by atomic mass is 32.2. The molecule has 0 aromatic heterocycles. The number of nitrogens with one attached hydrogen (secondary N) is 2. The van der Waals surface area contributed by atoms with Crippen molar-refractivity contribution in [3.8, 4) is 5.75 Å². The minimum absolute atomic E-state index is 0.0343. The van der Waals surface area contributed by atoms with E-state index in [1.807, 2.05) is 0 Å². The Kier molecular flexibility index (Phi) is 8.39. The molecule has 0 bridgehead atoms. The van der Waals surface area contributed by atoms with Gasteiger partial charge in [-0.25, -0.2) is 4.79 Å². The van der Waals surface area contributed by atoms with Crippen molar-refractivity contribution >= 4 is 58.1 Å². The molecule has 0 unspecified atom stereocenters. The van der Waals surface area contributed by atoms with Crippen molar-refractivity contribution in [2.75, 3.05) is 13.7 Å². The molecule has 176 valence electrons. The van der Waals surface area contributed by atoms with Gasteiger partial charge in [0.1, 0.15) is 10.1 Å². The van der Waals surface area contributed by atoms with Crippen molar-refractivity contribution in [2.24, 2.45) is 0 Å². The third kappa shape index (κ3) is 6.21. The summed E-state index contributed by atoms with van der Waals surface area (Å²) in [6.45, 7) is 0.240. The number of hydrogen-bond acceptors (Lipinski definition) is 8. The molecule has 3 amide bonds. The molecule has 1 aliphatic heterocycles. The number of phenolic OH excluding ortho intramolecular Hbond substituents is 1. The molecule has 2 aromatic rings. The van der Waals surface area contributed by atoms with Crippen molar-refractivity contribution in [1.82, 2.24) is 15.8 Å². The second kappa shape index (κ2) is 11.4. The standard InChI is InChI=1S/C23H21N3O6S2/c1-32-22(31)15-10-8-14(9-11-15)13-18-21(30)26(23(33)34-18)12-4-7-19(28)24-25-20(29)16-5-2-3-6-17(16)27/h2-3,5-6,8-11,13,27H,4,7,12H2,1H3,(H,24,28)(H,25,29). The topological polar surface area (TPSA) is 125 Å². The summed E-state index contributed by atoms with van der Waals surface area (Å²) in [5, 5.41) is 9.67. The third-order valence-corrected chi connectivity index (χ3v) is 6.13. The molecule has 9 nitrogen and oxygen atoms in total. The predicted molar refractivity (Wildman–Crippen MR) is 131 cm³/mol. The summed E-state index contributed by atoms with van der Waals surface area (Å²) in [6, 6.07) is 12.6. The van der Waals surface area contributed by atoms with Crippen molar-refractivity contribution in [1.29, 1.82) is 0 Å². The molecule has 1 saturated heterocycles. The van der Waals surface area contributed by atoms with Gasteiger partial charge in [-0.1, -0.05) is 48.2 Å². The molecule has 0 spiro atoms. The molecule has 34 heavy (non-hydrogen) atoms. The third-order valence-electron chi connectivity index (χ3n) is 4.75. The summed E-state index contributed by atoms with van der Waals surface area (Å²) in [4.78, 5) is 50.1. The van der Waals surface area contributed by atoms with Crippen LogP contribution in [0.1, 0.15) is 39.1 Å². The number of nitrogens with zero attached hydrogens (tertiary/aromatic N) is 1. The van der Waals surface area contributed by atoms with Gasteiger partial charge < -0.3 is 9.84 Å². The van der Waals surface area contributed by atoms with Gasteiger partial charge in [-0.2, -0.15) is 0 Å². The van der Waals surface area contributed by atoms with Gasteiger partial charge in [0, 0.05) is 13.0 Å². The molecule has 0 radical (unpaired) electrons. The van der Waals surface area contributed by atoms with E-state index >= 15 is 0 Å². The van der Waals surface area contributed by atoms with Crippen LogP contribution in [-0.2, 0) is 14.3 Å². The first-order valence-corrected chi connectivity index (χ1v) is 11.3. The van der Waals surface area contributed by atoms with Crippen molar-refractivity contribution in [3.05, 3.63) is 70.1 Å². The summed E-state index contributed by atoms with van der Waals surface area (Å²) < 4.78 is 5.05. The SMILES string of the molecule is COC(=O)c1ccc(C=C2SC(=S)N(CCCC(=O)NNC(=O)c3ccccc3O)C2=O)cc1. The van der Waals surface area contributed by atoms with E-state index in [0.717, 1.165) is 17.3 Å². The fourth-order valence-electron chi connectivity index (χ4n) is 3.00. The lowest BCUT2D eigenvalue weighted by Crippen LogP contribution is -2.42. The summed E-state index contributed by atoms with van der Waals surface area (Å²) in [6.07, 6.45) is 2.06. The minimum Gasteiger partial charge on any atom is -0.507 e. The van der Waals surface area contributed by atoms with E-state index in [4.69, 9.17) is 12.2 Å². The summed E-state index contributed by atoms with van der Waals surface area (Å²) >= 11 is 6.46. The Bertz CT molecular complexity index is 1160. The number of esters is 1. The Morgan fingerprint density at radius 3 is 2.50 bits per heavy atom. The maximum absolute atomic E-state index is 12.7. The van der Waals surface area contributed by atoms with Gasteiger partial charge in [0.25, 0.3) is 11.8 Å². The monoisotopic (exact) mass is 499 g/mol. The van der Waals surface area contributed by atoms with Crippen LogP contribution < -0.4 is 10.9 Å². The van der Waals surface area contributed by atoms with Crippen LogP contribution in [0.25, 0.3) is 6.08 Å². The number of phenols is 1. The molecule has 3 N–H and O–H groups in total. The van der Waals surface area contributed by atoms with E-state index < -0.39 is 17.8 Å². The van der Waals surface area contributed by atoms with E-state index in [9.17, 15) is 24.3 Å². The lowest BCUT2D eigenvalue weighted by atomic mass is 10.1. The second-order valence-corrected chi connectivity index (χ2v) is 8.75. The number of thioether (sulfide) groups is 1. The molecular weight excluding hydrogens is 478 g/mol. The Morgan fingerprint density at radius 2 is 1.82 bits per heavy atom. The first-order valence-electron chi connectivity index (χ1n) is 10.1. The lowest BCUT2D eigenvalue weighted by Gasteiger charge is -2.14. The van der Waals surface area contributed by atoms with Crippen LogP contribution >= 0.6 is 24.0 Å². The normalized spacial score (nSPS) is 14.3. The molecular formula is C23H21N3O6S2. The Hall–Kier alpha value is -3.70. The zero-order chi connectivity index (χ0) is 24.7. The highest BCUT2D eigenvalue weighted by molar-refractivity contribution is 8.26. The zero-order valence-corrected chi connectivity index (χ0v) is 19.7. The number of aromatic hydroxyl groups is 1. The fraction of sp³-hybridized carbons (Fsp3) is 0.174. The Balaban J connectivity index is 1.48. The molecule has 0 saturated carbocycles. The molecule has 0 aliphatic carbocycles. The number of ether oxygens (including phenoxy) is 1. The van der Waals surface area contributed by atoms with E-state index in [2.05, 4.69) is 15.6 Å². The lowest BCUT2D eigenvalue weighted by molar-refractivity contribution is -0.124. The molecule has 1 aliphatic rings. The molecule has 2 aromatic carbocycles. The van der Waals surface area contributed by atoms with Crippen LogP contribution in [0.5, 0.6) is 5.75 Å². The number of thiocarbonyl (C=S) groups is 1. The van der Waals surface area contributed by atoms with E-state index in [-0.39, 0.29) is 30.2 Å². The van der Waals surface area contributed by atoms with Gasteiger partial charge >= 0.3 is 5.97 Å². The number of benzene rings is 2. The van der Waals surface area contributed by atoms with Gasteiger partial charge in [0.2, 0.25) is 5.91 Å². The van der Waals surface area contributed by atoms with Crippen LogP contribution in [0.3, 0.4) is 0 Å². The van der Waals surface area contributed by atoms with Gasteiger partial charge in [-0.05, 0) is 42.3 Å². The highest BCUT2D eigenvalue weighted by Crippen LogP contribution is 2.32. The Morgan fingerprint density at radius 1 is 1.12 bits per heavy atom. The molecule has 0 atom stereocenters. The highest BCUT2D eigenvalue weighted by Gasteiger charge is 2.31. The number of rotatable bonds is 7. The first kappa shape index (κ1) is 24.9. The van der Waals surface area contributed by atoms with Crippen molar-refractivity contribution in [2.45, 2.75) is 12.8 Å². The van der Waals surface area contributed by atoms with Crippen LogP contribution in [0.4, 0.5) is 0 Å². The number of para-hydroxylation sites is 1. The van der Waals surface area contributed by atoms with Gasteiger partial charge in [0.15, 0.2) is 0 Å². The van der Waals surface area contributed by atoms with E-state index in [1.54, 1.807) is 42.5 Å². The number of hydrazine groups is 1. The summed E-state index contributed by atoms with van der Waals surface area (Å²) in [5.41, 5.74) is 5.68. The molecule has 11 heteroatoms.